The Balaban J connectivity index is 4.11. The molecular weight excluding hydrogens is 128 g/mol. The highest BCUT2D eigenvalue weighted by Gasteiger charge is 2.13. The largest absolute Gasteiger partial charge is 0.392 e. The molecule has 0 aromatic carbocycles. The molecule has 9 heavy (non-hydrogen) atoms. The van der Waals surface area contributed by atoms with Crippen LogP contribution in [0.25, 0.3) is 0 Å². The maximum Gasteiger partial charge on any atom is 0.0636 e. The van der Waals surface area contributed by atoms with Gasteiger partial charge in [-0.3, -0.25) is 0 Å². The summed E-state index contributed by atoms with van der Waals surface area (Å²) in [6.07, 6.45) is 0. The summed E-state index contributed by atoms with van der Waals surface area (Å²) in [6.45, 7) is 7.67. The van der Waals surface area contributed by atoms with Crippen molar-refractivity contribution in [3.05, 3.63) is 12.2 Å². The van der Waals surface area contributed by atoms with Crippen LogP contribution in [0.3, 0.4) is 0 Å². The molecule has 0 saturated carbocycles. The lowest BCUT2D eigenvalue weighted by Gasteiger charge is -2.15. The van der Waals surface area contributed by atoms with Crippen molar-refractivity contribution in [2.45, 2.75) is 25.7 Å². The topological polar surface area (TPSA) is 20.2 Å². The van der Waals surface area contributed by atoms with Crippen LogP contribution in [0.2, 0.25) is 25.7 Å². The number of aliphatic hydroxyl groups is 1. The van der Waals surface area contributed by atoms with Crippen LogP contribution in [0.5, 0.6) is 0 Å². The van der Waals surface area contributed by atoms with E-state index in [1.165, 1.54) is 0 Å². The molecule has 0 aliphatic rings. The molecule has 0 aromatic heterocycles. The Kier molecular flexibility index (Phi) is 2.01. The second-order valence-corrected chi connectivity index (χ2v) is 8.93. The molecule has 0 aliphatic heterocycles. The first-order chi connectivity index (χ1) is 4.63. The molecule has 0 spiro atoms. The Morgan fingerprint density at radius 1 is 1.67 bits per heavy atom. The van der Waals surface area contributed by atoms with Crippen molar-refractivity contribution in [1.29, 1.82) is 0 Å². The standard InChI is InChI=1S/C7H16OSi/c1-7(5-8)6-9(2,3)4/h8H,1,5-6H2,2-4H3/i5D2. The maximum atomic E-state index is 8.91. The predicted molar refractivity (Wildman–Crippen MR) is 44.4 cm³/mol. The van der Waals surface area contributed by atoms with E-state index in [9.17, 15) is 0 Å². The Bertz CT molecular complexity index is 155. The zero-order valence-electron chi connectivity index (χ0n) is 8.36. The van der Waals surface area contributed by atoms with Gasteiger partial charge in [0, 0.05) is 8.07 Å². The van der Waals surface area contributed by atoms with Crippen LogP contribution in [0.1, 0.15) is 2.74 Å². The summed E-state index contributed by atoms with van der Waals surface area (Å²) in [5.74, 6) is 0. The van der Waals surface area contributed by atoms with E-state index >= 15 is 0 Å². The minimum atomic E-state index is -2.19. The van der Waals surface area contributed by atoms with Crippen LogP contribution in [-0.4, -0.2) is 19.7 Å². The SMILES string of the molecule is [2H]C([2H])(O)C(=C)C[Si](C)(C)C. The molecule has 0 bridgehead atoms. The van der Waals surface area contributed by atoms with Gasteiger partial charge in [-0.2, -0.15) is 0 Å². The lowest BCUT2D eigenvalue weighted by molar-refractivity contribution is 0.331. The molecule has 0 aromatic rings. The van der Waals surface area contributed by atoms with E-state index in [1.807, 2.05) is 0 Å². The van der Waals surface area contributed by atoms with E-state index in [-0.39, 0.29) is 0 Å². The van der Waals surface area contributed by atoms with Gasteiger partial charge < -0.3 is 5.11 Å². The number of rotatable bonds is 3. The van der Waals surface area contributed by atoms with Crippen LogP contribution in [0, 0.1) is 0 Å². The van der Waals surface area contributed by atoms with Gasteiger partial charge in [-0.1, -0.05) is 31.8 Å². The first kappa shape index (κ1) is 5.68. The molecule has 0 heterocycles. The Hall–Kier alpha value is -0.0831. The molecule has 0 unspecified atom stereocenters. The third-order valence-corrected chi connectivity index (χ3v) is 2.39. The van der Waals surface area contributed by atoms with Gasteiger partial charge in [0.1, 0.15) is 0 Å². The summed E-state index contributed by atoms with van der Waals surface area (Å²) in [5.41, 5.74) is 0.302. The predicted octanol–water partition coefficient (Wildman–Crippen LogP) is 1.87. The first-order valence-electron chi connectivity index (χ1n) is 4.03. The van der Waals surface area contributed by atoms with Crippen molar-refractivity contribution in [2.75, 3.05) is 6.56 Å². The van der Waals surface area contributed by atoms with Gasteiger partial charge in [0.05, 0.1) is 9.30 Å². The van der Waals surface area contributed by atoms with Gasteiger partial charge in [-0.25, -0.2) is 0 Å². The van der Waals surface area contributed by atoms with Crippen molar-refractivity contribution in [3.63, 3.8) is 0 Å². The van der Waals surface area contributed by atoms with Crippen LogP contribution < -0.4 is 0 Å². The molecule has 1 N–H and O–H groups in total. The minimum Gasteiger partial charge on any atom is -0.392 e. The fourth-order valence-electron chi connectivity index (χ4n) is 0.680. The van der Waals surface area contributed by atoms with Gasteiger partial charge in [0.15, 0.2) is 0 Å². The van der Waals surface area contributed by atoms with Crippen molar-refractivity contribution in [3.8, 4) is 0 Å². The zero-order chi connectivity index (χ0) is 9.28. The molecule has 0 amide bonds. The molecule has 0 radical (unpaired) electrons. The molecule has 0 fully saturated rings. The van der Waals surface area contributed by atoms with Gasteiger partial charge in [0.2, 0.25) is 0 Å². The van der Waals surface area contributed by atoms with Crippen LogP contribution in [0.15, 0.2) is 12.2 Å². The second kappa shape index (κ2) is 3.18. The van der Waals surface area contributed by atoms with E-state index in [4.69, 9.17) is 7.85 Å². The van der Waals surface area contributed by atoms with Crippen molar-refractivity contribution in [2.24, 2.45) is 0 Å². The summed E-state index contributed by atoms with van der Waals surface area (Å²) in [7, 11) is -1.33. The van der Waals surface area contributed by atoms with Gasteiger partial charge in [0.25, 0.3) is 0 Å². The second-order valence-electron chi connectivity index (χ2n) is 3.45. The maximum absolute atomic E-state index is 8.91. The Morgan fingerprint density at radius 3 is 2.22 bits per heavy atom. The highest BCUT2D eigenvalue weighted by molar-refractivity contribution is 6.76. The molecule has 0 aliphatic carbocycles. The third kappa shape index (κ3) is 5.79. The van der Waals surface area contributed by atoms with Gasteiger partial charge in [-0.05, 0) is 6.04 Å². The minimum absolute atomic E-state index is 0.302. The fourth-order valence-corrected chi connectivity index (χ4v) is 2.04. The van der Waals surface area contributed by atoms with Crippen LogP contribution >= 0.6 is 0 Å². The summed E-state index contributed by atoms with van der Waals surface area (Å²) in [5, 5.41) is 8.91. The van der Waals surface area contributed by atoms with Crippen molar-refractivity contribution >= 4 is 8.07 Å². The average Bonchev–Trinajstić information content (AvgIpc) is 1.56. The summed E-state index contributed by atoms with van der Waals surface area (Å²) in [6, 6.07) is 0.635. The van der Waals surface area contributed by atoms with E-state index in [0.29, 0.717) is 11.6 Å². The summed E-state index contributed by atoms with van der Waals surface area (Å²) < 4.78 is 13.9. The average molecular weight is 146 g/mol. The molecule has 1 nitrogen and oxygen atoms in total. The summed E-state index contributed by atoms with van der Waals surface area (Å²) in [4.78, 5) is 0. The van der Waals surface area contributed by atoms with E-state index in [1.54, 1.807) is 0 Å². The molecule has 54 valence electrons. The Labute approximate surface area is 61.2 Å². The van der Waals surface area contributed by atoms with Gasteiger partial charge in [-0.15, -0.1) is 0 Å². The molecule has 0 saturated heterocycles. The first-order valence-corrected chi connectivity index (χ1v) is 6.74. The third-order valence-electron chi connectivity index (χ3n) is 0.902. The molecule has 2 heteroatoms. The lowest BCUT2D eigenvalue weighted by atomic mass is 10.4. The number of hydrogen-bond donors (Lipinski definition) is 1. The monoisotopic (exact) mass is 146 g/mol. The summed E-state index contributed by atoms with van der Waals surface area (Å²) >= 11 is 0. The van der Waals surface area contributed by atoms with E-state index in [2.05, 4.69) is 26.2 Å². The van der Waals surface area contributed by atoms with Crippen molar-refractivity contribution in [1.82, 2.24) is 0 Å². The quantitative estimate of drug-likeness (QED) is 0.476. The van der Waals surface area contributed by atoms with Gasteiger partial charge >= 0.3 is 0 Å². The normalized spacial score (nSPS) is 16.4. The molecular formula is C7H16OSi. The molecule has 0 atom stereocenters. The van der Waals surface area contributed by atoms with Crippen LogP contribution in [0.4, 0.5) is 0 Å². The lowest BCUT2D eigenvalue weighted by Crippen LogP contribution is -2.20. The molecule has 0 rings (SSSR count). The highest BCUT2D eigenvalue weighted by Crippen LogP contribution is 2.13. The highest BCUT2D eigenvalue weighted by atomic mass is 28.3. The fraction of sp³-hybridized carbons (Fsp3) is 0.714. The Morgan fingerprint density at radius 2 is 2.11 bits per heavy atom. The zero-order valence-corrected chi connectivity index (χ0v) is 7.36. The van der Waals surface area contributed by atoms with E-state index in [0.717, 1.165) is 0 Å². The van der Waals surface area contributed by atoms with E-state index < -0.39 is 14.6 Å². The van der Waals surface area contributed by atoms with Crippen molar-refractivity contribution < 1.29 is 7.85 Å². The number of hydrogen-bond acceptors (Lipinski definition) is 1. The smallest absolute Gasteiger partial charge is 0.0636 e. The van der Waals surface area contributed by atoms with Crippen LogP contribution in [-0.2, 0) is 0 Å².